The standard InChI is InChI=1S/C19H13F3N4OS/c1-9-6-13(19(20,21)22)26-18-14(9)15(23)16(28-18)17(27)25-11-7-10-4-2-3-5-12(10)24-8-11/h2-8H,23H2,1H3,(H,25,27). The molecule has 0 fully saturated rings. The molecule has 9 heteroatoms. The van der Waals surface area contributed by atoms with E-state index in [2.05, 4.69) is 15.3 Å². The van der Waals surface area contributed by atoms with E-state index in [0.29, 0.717) is 16.6 Å². The quantitative estimate of drug-likeness (QED) is 0.494. The fourth-order valence-electron chi connectivity index (χ4n) is 2.95. The van der Waals surface area contributed by atoms with Crippen molar-refractivity contribution in [3.8, 4) is 0 Å². The number of nitrogens with one attached hydrogen (secondary N) is 1. The van der Waals surface area contributed by atoms with Crippen LogP contribution in [0.3, 0.4) is 0 Å². The van der Waals surface area contributed by atoms with Gasteiger partial charge in [-0.15, -0.1) is 11.3 Å². The molecule has 3 heterocycles. The normalized spacial score (nSPS) is 11.9. The van der Waals surface area contributed by atoms with Gasteiger partial charge in [0.2, 0.25) is 0 Å². The first-order valence-corrected chi connectivity index (χ1v) is 8.98. The third-order valence-corrected chi connectivity index (χ3v) is 5.34. The highest BCUT2D eigenvalue weighted by atomic mass is 32.1. The minimum atomic E-state index is -4.57. The summed E-state index contributed by atoms with van der Waals surface area (Å²) < 4.78 is 39.0. The first-order chi connectivity index (χ1) is 13.2. The van der Waals surface area contributed by atoms with Gasteiger partial charge in [0.05, 0.1) is 23.1 Å². The average molecular weight is 402 g/mol. The molecule has 1 amide bonds. The Morgan fingerprint density at radius 3 is 2.71 bits per heavy atom. The molecule has 142 valence electrons. The number of nitrogen functional groups attached to an aromatic ring is 1. The molecule has 0 aliphatic carbocycles. The topological polar surface area (TPSA) is 80.9 Å². The lowest BCUT2D eigenvalue weighted by molar-refractivity contribution is -0.141. The number of halogens is 3. The molecule has 5 nitrogen and oxygen atoms in total. The number of para-hydroxylation sites is 1. The van der Waals surface area contributed by atoms with Crippen molar-refractivity contribution in [2.45, 2.75) is 13.1 Å². The zero-order valence-corrected chi connectivity index (χ0v) is 15.3. The third kappa shape index (κ3) is 3.13. The van der Waals surface area contributed by atoms with Gasteiger partial charge in [-0.3, -0.25) is 9.78 Å². The summed E-state index contributed by atoms with van der Waals surface area (Å²) in [4.78, 5) is 20.8. The molecule has 28 heavy (non-hydrogen) atoms. The number of hydrogen-bond acceptors (Lipinski definition) is 5. The van der Waals surface area contributed by atoms with E-state index in [0.717, 1.165) is 28.3 Å². The zero-order chi connectivity index (χ0) is 20.1. The maximum absolute atomic E-state index is 13.0. The zero-order valence-electron chi connectivity index (χ0n) is 14.5. The number of rotatable bonds is 2. The van der Waals surface area contributed by atoms with Gasteiger partial charge in [-0.2, -0.15) is 13.2 Å². The molecular weight excluding hydrogens is 389 g/mol. The van der Waals surface area contributed by atoms with Crippen LogP contribution >= 0.6 is 11.3 Å². The highest BCUT2D eigenvalue weighted by Gasteiger charge is 2.34. The highest BCUT2D eigenvalue weighted by molar-refractivity contribution is 7.21. The Labute approximate surface area is 161 Å². The number of fused-ring (bicyclic) bond motifs is 2. The second kappa shape index (κ2) is 6.45. The van der Waals surface area contributed by atoms with Crippen molar-refractivity contribution in [1.29, 1.82) is 0 Å². The molecule has 0 bridgehead atoms. The summed E-state index contributed by atoms with van der Waals surface area (Å²) in [5.74, 6) is -0.523. The molecule has 0 saturated carbocycles. The van der Waals surface area contributed by atoms with Crippen LogP contribution in [-0.4, -0.2) is 15.9 Å². The van der Waals surface area contributed by atoms with Crippen molar-refractivity contribution >= 4 is 49.7 Å². The lowest BCUT2D eigenvalue weighted by atomic mass is 10.1. The molecule has 0 atom stereocenters. The molecule has 0 spiro atoms. The summed E-state index contributed by atoms with van der Waals surface area (Å²) in [5, 5.41) is 3.90. The van der Waals surface area contributed by atoms with Crippen molar-refractivity contribution in [3.05, 3.63) is 58.7 Å². The fourth-order valence-corrected chi connectivity index (χ4v) is 4.02. The maximum Gasteiger partial charge on any atom is 0.433 e. The van der Waals surface area contributed by atoms with Crippen molar-refractivity contribution in [1.82, 2.24) is 9.97 Å². The number of amides is 1. The highest BCUT2D eigenvalue weighted by Crippen LogP contribution is 2.38. The molecule has 1 aromatic carbocycles. The predicted molar refractivity (Wildman–Crippen MR) is 103 cm³/mol. The molecule has 3 aromatic heterocycles. The number of aromatic nitrogens is 2. The number of alkyl halides is 3. The largest absolute Gasteiger partial charge is 0.433 e. The smallest absolute Gasteiger partial charge is 0.397 e. The summed E-state index contributed by atoms with van der Waals surface area (Å²) in [7, 11) is 0. The summed E-state index contributed by atoms with van der Waals surface area (Å²) in [6.45, 7) is 1.51. The second-order valence-electron chi connectivity index (χ2n) is 6.22. The number of nitrogens with two attached hydrogens (primary N) is 1. The van der Waals surface area contributed by atoms with Crippen LogP contribution in [0.1, 0.15) is 20.9 Å². The van der Waals surface area contributed by atoms with Crippen LogP contribution in [-0.2, 0) is 6.18 Å². The Morgan fingerprint density at radius 1 is 1.21 bits per heavy atom. The van der Waals surface area contributed by atoms with Crippen LogP contribution in [0.25, 0.3) is 21.1 Å². The van der Waals surface area contributed by atoms with Gasteiger partial charge < -0.3 is 11.1 Å². The van der Waals surface area contributed by atoms with Crippen LogP contribution in [0.4, 0.5) is 24.5 Å². The van der Waals surface area contributed by atoms with Gasteiger partial charge in [0.15, 0.2) is 0 Å². The Balaban J connectivity index is 1.72. The Bertz CT molecular complexity index is 1230. The molecule has 0 radical (unpaired) electrons. The molecule has 4 rings (SSSR count). The lowest BCUT2D eigenvalue weighted by Gasteiger charge is -2.07. The van der Waals surface area contributed by atoms with Crippen LogP contribution in [0.15, 0.2) is 42.6 Å². The molecular formula is C19H13F3N4OS. The van der Waals surface area contributed by atoms with E-state index in [-0.39, 0.29) is 15.4 Å². The van der Waals surface area contributed by atoms with Crippen molar-refractivity contribution in [2.24, 2.45) is 0 Å². The average Bonchev–Trinajstić information content (AvgIpc) is 2.98. The Hall–Kier alpha value is -3.20. The molecule has 4 aromatic rings. The van der Waals surface area contributed by atoms with E-state index in [1.807, 2.05) is 24.3 Å². The van der Waals surface area contributed by atoms with Crippen molar-refractivity contribution in [3.63, 3.8) is 0 Å². The van der Waals surface area contributed by atoms with Crippen molar-refractivity contribution < 1.29 is 18.0 Å². The van der Waals surface area contributed by atoms with E-state index in [1.165, 1.54) is 13.1 Å². The summed E-state index contributed by atoms with van der Waals surface area (Å²) in [5.41, 5.74) is 6.72. The van der Waals surface area contributed by atoms with Crippen LogP contribution in [0.5, 0.6) is 0 Å². The minimum absolute atomic E-state index is 0.0756. The summed E-state index contributed by atoms with van der Waals surface area (Å²) >= 11 is 0.831. The fraction of sp³-hybridized carbons (Fsp3) is 0.105. The number of carbonyl (C=O) groups is 1. The molecule has 0 saturated heterocycles. The number of pyridine rings is 2. The van der Waals surface area contributed by atoms with Gasteiger partial charge in [0.1, 0.15) is 15.4 Å². The van der Waals surface area contributed by atoms with Crippen LogP contribution < -0.4 is 11.1 Å². The van der Waals surface area contributed by atoms with Crippen molar-refractivity contribution in [2.75, 3.05) is 11.1 Å². The lowest BCUT2D eigenvalue weighted by Crippen LogP contribution is -2.12. The van der Waals surface area contributed by atoms with E-state index < -0.39 is 17.8 Å². The number of anilines is 2. The summed E-state index contributed by atoms with van der Waals surface area (Å²) in [6.07, 6.45) is -3.06. The SMILES string of the molecule is Cc1cc(C(F)(F)F)nc2sc(C(=O)Nc3cnc4ccccc4c3)c(N)c12. The minimum Gasteiger partial charge on any atom is -0.397 e. The maximum atomic E-state index is 13.0. The van der Waals surface area contributed by atoms with Gasteiger partial charge in [-0.25, -0.2) is 4.98 Å². The number of carbonyl (C=O) groups excluding carboxylic acids is 1. The van der Waals surface area contributed by atoms with E-state index >= 15 is 0 Å². The monoisotopic (exact) mass is 402 g/mol. The number of nitrogens with zero attached hydrogens (tertiary/aromatic N) is 2. The number of hydrogen-bond donors (Lipinski definition) is 2. The number of benzene rings is 1. The van der Waals surface area contributed by atoms with Gasteiger partial charge >= 0.3 is 6.18 Å². The molecule has 3 N–H and O–H groups in total. The van der Waals surface area contributed by atoms with E-state index in [4.69, 9.17) is 5.73 Å². The van der Waals surface area contributed by atoms with Crippen LogP contribution in [0, 0.1) is 6.92 Å². The van der Waals surface area contributed by atoms with E-state index in [1.54, 1.807) is 6.07 Å². The third-order valence-electron chi connectivity index (χ3n) is 4.24. The Morgan fingerprint density at radius 2 is 1.96 bits per heavy atom. The van der Waals surface area contributed by atoms with Gasteiger partial charge in [0, 0.05) is 10.8 Å². The Kier molecular flexibility index (Phi) is 4.19. The molecule has 0 aliphatic rings. The second-order valence-corrected chi connectivity index (χ2v) is 7.22. The van der Waals surface area contributed by atoms with Gasteiger partial charge in [-0.05, 0) is 30.7 Å². The summed E-state index contributed by atoms with van der Waals surface area (Å²) in [6, 6.07) is 10.1. The van der Waals surface area contributed by atoms with Gasteiger partial charge in [0.25, 0.3) is 5.91 Å². The molecule has 0 aliphatic heterocycles. The predicted octanol–water partition coefficient (Wildman–Crippen LogP) is 5.01. The number of thiophene rings is 1. The molecule has 0 unspecified atom stereocenters. The number of aryl methyl sites for hydroxylation is 1. The van der Waals surface area contributed by atoms with E-state index in [9.17, 15) is 18.0 Å². The first kappa shape index (κ1) is 18.2. The van der Waals surface area contributed by atoms with Gasteiger partial charge in [-0.1, -0.05) is 18.2 Å². The van der Waals surface area contributed by atoms with Crippen LogP contribution in [0.2, 0.25) is 0 Å². The first-order valence-electron chi connectivity index (χ1n) is 8.17.